The number of halogens is 1. The van der Waals surface area contributed by atoms with Crippen molar-refractivity contribution in [1.82, 2.24) is 14.6 Å². The topological polar surface area (TPSA) is 68.5 Å². The van der Waals surface area contributed by atoms with Crippen LogP contribution >= 0.6 is 11.3 Å². The highest BCUT2D eigenvalue weighted by molar-refractivity contribution is 7.15. The van der Waals surface area contributed by atoms with Crippen LogP contribution in [0.1, 0.15) is 25.3 Å². The fraction of sp³-hybridized carbons (Fsp3) is 0.227. The summed E-state index contributed by atoms with van der Waals surface area (Å²) >= 11 is 1.41. The summed E-state index contributed by atoms with van der Waals surface area (Å²) in [6.45, 7) is 2.57. The summed E-state index contributed by atoms with van der Waals surface area (Å²) in [5, 5.41) is 8.99. The van der Waals surface area contributed by atoms with Gasteiger partial charge in [0.05, 0.1) is 12.3 Å². The second kappa shape index (κ2) is 9.04. The normalized spacial score (nSPS) is 11.0. The highest BCUT2D eigenvalue weighted by atomic mass is 32.1. The number of fused-ring (bicyclic) bond motifs is 1. The maximum atomic E-state index is 13.2. The van der Waals surface area contributed by atoms with E-state index in [1.165, 1.54) is 29.0 Å². The largest absolute Gasteiger partial charge is 0.494 e. The van der Waals surface area contributed by atoms with Gasteiger partial charge in [0.25, 0.3) is 0 Å². The van der Waals surface area contributed by atoms with E-state index in [0.717, 1.165) is 23.4 Å². The summed E-state index contributed by atoms with van der Waals surface area (Å²) in [4.78, 5) is 17.2. The SMILES string of the molecule is CCc1ccc(OCCCC(=O)Nc2nc3scc(-c4ccc(F)cc4)n3n2)cc1. The number of thiazole rings is 1. The number of rotatable bonds is 8. The Morgan fingerprint density at radius 1 is 1.17 bits per heavy atom. The monoisotopic (exact) mass is 424 g/mol. The van der Waals surface area contributed by atoms with Crippen molar-refractivity contribution in [2.45, 2.75) is 26.2 Å². The van der Waals surface area contributed by atoms with Gasteiger partial charge in [-0.1, -0.05) is 19.1 Å². The second-order valence-electron chi connectivity index (χ2n) is 6.76. The Labute approximate surface area is 177 Å². The third-order valence-electron chi connectivity index (χ3n) is 4.62. The van der Waals surface area contributed by atoms with Gasteiger partial charge in [0.15, 0.2) is 0 Å². The van der Waals surface area contributed by atoms with Crippen LogP contribution in [0.2, 0.25) is 0 Å². The van der Waals surface area contributed by atoms with Gasteiger partial charge in [0, 0.05) is 17.4 Å². The van der Waals surface area contributed by atoms with Crippen molar-refractivity contribution in [2.75, 3.05) is 11.9 Å². The van der Waals surface area contributed by atoms with E-state index < -0.39 is 0 Å². The van der Waals surface area contributed by atoms with Gasteiger partial charge in [-0.2, -0.15) is 4.98 Å². The maximum absolute atomic E-state index is 13.2. The van der Waals surface area contributed by atoms with Gasteiger partial charge in [0.2, 0.25) is 16.8 Å². The Balaban J connectivity index is 1.30. The predicted octanol–water partition coefficient (Wildman–Crippen LogP) is 4.96. The third-order valence-corrected chi connectivity index (χ3v) is 5.44. The number of nitrogens with one attached hydrogen (secondary N) is 1. The molecule has 2 heterocycles. The van der Waals surface area contributed by atoms with Crippen LogP contribution in [0.25, 0.3) is 16.2 Å². The Morgan fingerprint density at radius 3 is 2.67 bits per heavy atom. The van der Waals surface area contributed by atoms with E-state index in [-0.39, 0.29) is 17.7 Å². The zero-order valence-corrected chi connectivity index (χ0v) is 17.3. The number of amides is 1. The number of hydrogen-bond donors (Lipinski definition) is 1. The van der Waals surface area contributed by atoms with Crippen LogP contribution in [0.5, 0.6) is 5.75 Å². The Kier molecular flexibility index (Phi) is 6.04. The lowest BCUT2D eigenvalue weighted by Gasteiger charge is -2.06. The summed E-state index contributed by atoms with van der Waals surface area (Å²) in [6, 6.07) is 14.1. The lowest BCUT2D eigenvalue weighted by Crippen LogP contribution is -2.14. The zero-order chi connectivity index (χ0) is 20.9. The van der Waals surface area contributed by atoms with Crippen molar-refractivity contribution in [3.05, 3.63) is 65.3 Å². The van der Waals surface area contributed by atoms with Crippen LogP contribution in [0.4, 0.5) is 10.3 Å². The Morgan fingerprint density at radius 2 is 1.93 bits per heavy atom. The van der Waals surface area contributed by atoms with Crippen molar-refractivity contribution in [1.29, 1.82) is 0 Å². The standard InChI is InChI=1S/C22H21FN4O2S/c1-2-15-5-11-18(12-6-15)29-13-3-4-20(28)24-21-25-22-27(26-21)19(14-30-22)16-7-9-17(23)10-8-16/h5-12,14H,2-4,13H2,1H3,(H,24,26,28). The van der Waals surface area contributed by atoms with Crippen LogP contribution in [-0.4, -0.2) is 27.1 Å². The minimum atomic E-state index is -0.293. The fourth-order valence-corrected chi connectivity index (χ4v) is 3.82. The van der Waals surface area contributed by atoms with Gasteiger partial charge in [-0.3, -0.25) is 10.1 Å². The molecule has 4 rings (SSSR count). The van der Waals surface area contributed by atoms with E-state index >= 15 is 0 Å². The number of anilines is 1. The quantitative estimate of drug-likeness (QED) is 0.406. The first kappa shape index (κ1) is 20.0. The van der Waals surface area contributed by atoms with Crippen LogP contribution in [-0.2, 0) is 11.2 Å². The zero-order valence-electron chi connectivity index (χ0n) is 16.5. The molecule has 8 heteroatoms. The first-order valence-corrected chi connectivity index (χ1v) is 10.6. The van der Waals surface area contributed by atoms with Gasteiger partial charge in [-0.15, -0.1) is 16.4 Å². The van der Waals surface area contributed by atoms with Gasteiger partial charge in [0.1, 0.15) is 11.6 Å². The molecule has 1 amide bonds. The molecule has 0 saturated carbocycles. The van der Waals surface area contributed by atoms with Crippen LogP contribution in [0.3, 0.4) is 0 Å². The highest BCUT2D eigenvalue weighted by Gasteiger charge is 2.13. The molecule has 0 aliphatic rings. The molecule has 30 heavy (non-hydrogen) atoms. The average molecular weight is 425 g/mol. The molecule has 0 aliphatic heterocycles. The molecule has 0 bridgehead atoms. The van der Waals surface area contributed by atoms with E-state index in [1.54, 1.807) is 16.6 Å². The number of benzene rings is 2. The smallest absolute Gasteiger partial charge is 0.250 e. The number of nitrogens with zero attached hydrogens (tertiary/aromatic N) is 3. The molecule has 0 aliphatic carbocycles. The van der Waals surface area contributed by atoms with E-state index in [4.69, 9.17) is 4.74 Å². The number of aryl methyl sites for hydroxylation is 1. The Hall–Kier alpha value is -3.26. The van der Waals surface area contributed by atoms with E-state index in [0.29, 0.717) is 24.4 Å². The number of hydrogen-bond acceptors (Lipinski definition) is 5. The summed E-state index contributed by atoms with van der Waals surface area (Å²) in [5.74, 6) is 0.600. The van der Waals surface area contributed by atoms with E-state index in [9.17, 15) is 9.18 Å². The molecule has 0 radical (unpaired) electrons. The molecular formula is C22H21FN4O2S. The third kappa shape index (κ3) is 4.65. The Bertz CT molecular complexity index is 1140. The average Bonchev–Trinajstić information content (AvgIpc) is 3.32. The van der Waals surface area contributed by atoms with Crippen molar-refractivity contribution in [3.63, 3.8) is 0 Å². The summed E-state index contributed by atoms with van der Waals surface area (Å²) in [5.41, 5.74) is 2.89. The van der Waals surface area contributed by atoms with Crippen molar-refractivity contribution < 1.29 is 13.9 Å². The molecule has 0 saturated heterocycles. The molecule has 0 atom stereocenters. The lowest BCUT2D eigenvalue weighted by molar-refractivity contribution is -0.116. The minimum absolute atomic E-state index is 0.165. The maximum Gasteiger partial charge on any atom is 0.250 e. The second-order valence-corrected chi connectivity index (χ2v) is 7.59. The van der Waals surface area contributed by atoms with E-state index in [2.05, 4.69) is 22.3 Å². The molecule has 154 valence electrons. The summed E-state index contributed by atoms with van der Waals surface area (Å²) in [6.07, 6.45) is 1.89. The van der Waals surface area contributed by atoms with E-state index in [1.807, 2.05) is 29.6 Å². The molecule has 6 nitrogen and oxygen atoms in total. The fourth-order valence-electron chi connectivity index (χ4n) is 2.98. The minimum Gasteiger partial charge on any atom is -0.494 e. The molecular weight excluding hydrogens is 403 g/mol. The molecule has 2 aromatic carbocycles. The number of carbonyl (C=O) groups excluding carboxylic acids is 1. The van der Waals surface area contributed by atoms with Crippen LogP contribution in [0, 0.1) is 5.82 Å². The number of aromatic nitrogens is 3. The van der Waals surface area contributed by atoms with Crippen LogP contribution < -0.4 is 10.1 Å². The molecule has 0 spiro atoms. The van der Waals surface area contributed by atoms with Gasteiger partial charge < -0.3 is 4.74 Å². The summed E-state index contributed by atoms with van der Waals surface area (Å²) < 4.78 is 20.5. The van der Waals surface area contributed by atoms with Gasteiger partial charge >= 0.3 is 0 Å². The van der Waals surface area contributed by atoms with Gasteiger partial charge in [-0.25, -0.2) is 8.91 Å². The summed E-state index contributed by atoms with van der Waals surface area (Å²) in [7, 11) is 0. The first-order chi connectivity index (χ1) is 14.6. The van der Waals surface area contributed by atoms with Gasteiger partial charge in [-0.05, 0) is 54.8 Å². The first-order valence-electron chi connectivity index (χ1n) is 9.74. The van der Waals surface area contributed by atoms with Crippen molar-refractivity contribution in [3.8, 4) is 17.0 Å². The predicted molar refractivity (Wildman–Crippen MR) is 115 cm³/mol. The van der Waals surface area contributed by atoms with Crippen LogP contribution in [0.15, 0.2) is 53.9 Å². The molecule has 0 unspecified atom stereocenters. The molecule has 4 aromatic rings. The number of carbonyl (C=O) groups is 1. The molecule has 2 aromatic heterocycles. The lowest BCUT2D eigenvalue weighted by atomic mass is 10.2. The molecule has 0 fully saturated rings. The molecule has 1 N–H and O–H groups in total. The highest BCUT2D eigenvalue weighted by Crippen LogP contribution is 2.26. The van der Waals surface area contributed by atoms with Crippen molar-refractivity contribution in [2.24, 2.45) is 0 Å². The van der Waals surface area contributed by atoms with Crippen molar-refractivity contribution >= 4 is 28.2 Å². The number of ether oxygens (including phenoxy) is 1.